The molecule has 0 saturated carbocycles. The van der Waals surface area contributed by atoms with Crippen molar-refractivity contribution in [3.63, 3.8) is 0 Å². The van der Waals surface area contributed by atoms with Crippen molar-refractivity contribution in [2.45, 2.75) is 20.3 Å². The molecule has 24 heavy (non-hydrogen) atoms. The maximum Gasteiger partial charge on any atom is 0.251 e. The van der Waals surface area contributed by atoms with Gasteiger partial charge < -0.3 is 14.8 Å². The second-order valence-corrected chi connectivity index (χ2v) is 6.41. The molecule has 0 heterocycles. The fraction of sp³-hybridized carbons (Fsp3) is 0.316. The summed E-state index contributed by atoms with van der Waals surface area (Å²) in [6.45, 7) is 5.66. The Bertz CT molecular complexity index is 688. The minimum absolute atomic E-state index is 0.0514. The molecule has 1 N–H and O–H groups in total. The van der Waals surface area contributed by atoms with Crippen LogP contribution in [-0.4, -0.2) is 25.7 Å². The molecule has 5 heteroatoms. The molecular formula is C19H22INO3. The van der Waals surface area contributed by atoms with Gasteiger partial charge in [0.2, 0.25) is 0 Å². The number of benzene rings is 2. The van der Waals surface area contributed by atoms with Crippen molar-refractivity contribution >= 4 is 28.5 Å². The van der Waals surface area contributed by atoms with Gasteiger partial charge in [0.15, 0.2) is 11.5 Å². The Kier molecular flexibility index (Phi) is 7.36. The number of carbonyl (C=O) groups is 1. The Morgan fingerprint density at radius 3 is 2.50 bits per heavy atom. The third kappa shape index (κ3) is 5.40. The van der Waals surface area contributed by atoms with Gasteiger partial charge in [0, 0.05) is 15.7 Å². The lowest BCUT2D eigenvalue weighted by Crippen LogP contribution is -2.25. The van der Waals surface area contributed by atoms with Gasteiger partial charge in [-0.05, 0) is 78.8 Å². The van der Waals surface area contributed by atoms with Crippen molar-refractivity contribution in [1.29, 1.82) is 0 Å². The van der Waals surface area contributed by atoms with Gasteiger partial charge in [-0.3, -0.25) is 4.79 Å². The first kappa shape index (κ1) is 18.6. The molecule has 0 unspecified atom stereocenters. The van der Waals surface area contributed by atoms with Crippen LogP contribution in [0.1, 0.15) is 29.8 Å². The summed E-state index contributed by atoms with van der Waals surface area (Å²) in [6, 6.07) is 13.5. The monoisotopic (exact) mass is 439 g/mol. The van der Waals surface area contributed by atoms with E-state index >= 15 is 0 Å². The SMILES string of the molecule is CCOc1ccc(CCNC(=O)c2cccc(I)c2)cc1OCC. The summed E-state index contributed by atoms with van der Waals surface area (Å²) in [4.78, 5) is 12.1. The lowest BCUT2D eigenvalue weighted by Gasteiger charge is -2.12. The molecule has 2 aromatic carbocycles. The zero-order valence-electron chi connectivity index (χ0n) is 14.0. The highest BCUT2D eigenvalue weighted by atomic mass is 127. The molecular weight excluding hydrogens is 417 g/mol. The van der Waals surface area contributed by atoms with E-state index < -0.39 is 0 Å². The van der Waals surface area contributed by atoms with E-state index in [9.17, 15) is 4.79 Å². The number of rotatable bonds is 8. The van der Waals surface area contributed by atoms with Crippen LogP contribution in [0.5, 0.6) is 11.5 Å². The van der Waals surface area contributed by atoms with Crippen LogP contribution < -0.4 is 14.8 Å². The van der Waals surface area contributed by atoms with Crippen LogP contribution in [0.25, 0.3) is 0 Å². The number of hydrogen-bond acceptors (Lipinski definition) is 3. The van der Waals surface area contributed by atoms with Crippen LogP contribution in [0.15, 0.2) is 42.5 Å². The summed E-state index contributed by atoms with van der Waals surface area (Å²) in [7, 11) is 0. The standard InChI is InChI=1S/C19H22INO3/c1-3-23-17-9-8-14(12-18(17)24-4-2)10-11-21-19(22)15-6-5-7-16(20)13-15/h5-9,12-13H,3-4,10-11H2,1-2H3,(H,21,22). The highest BCUT2D eigenvalue weighted by Gasteiger charge is 2.08. The summed E-state index contributed by atoms with van der Waals surface area (Å²) >= 11 is 2.20. The topological polar surface area (TPSA) is 47.6 Å². The van der Waals surface area contributed by atoms with Crippen molar-refractivity contribution in [1.82, 2.24) is 5.32 Å². The number of ether oxygens (including phenoxy) is 2. The van der Waals surface area contributed by atoms with Crippen LogP contribution >= 0.6 is 22.6 Å². The predicted octanol–water partition coefficient (Wildman–Crippen LogP) is 4.06. The van der Waals surface area contributed by atoms with E-state index in [2.05, 4.69) is 27.9 Å². The molecule has 1 amide bonds. The van der Waals surface area contributed by atoms with Gasteiger partial charge in [-0.1, -0.05) is 12.1 Å². The lowest BCUT2D eigenvalue weighted by molar-refractivity contribution is 0.0954. The third-order valence-electron chi connectivity index (χ3n) is 3.39. The van der Waals surface area contributed by atoms with E-state index in [-0.39, 0.29) is 5.91 Å². The summed E-state index contributed by atoms with van der Waals surface area (Å²) < 4.78 is 12.2. The minimum Gasteiger partial charge on any atom is -0.490 e. The average Bonchev–Trinajstić information content (AvgIpc) is 2.57. The van der Waals surface area contributed by atoms with Crippen molar-refractivity contribution < 1.29 is 14.3 Å². The zero-order valence-corrected chi connectivity index (χ0v) is 16.1. The molecule has 2 aromatic rings. The van der Waals surface area contributed by atoms with Gasteiger partial charge in [0.05, 0.1) is 13.2 Å². The molecule has 0 saturated heterocycles. The van der Waals surface area contributed by atoms with Crippen LogP contribution in [0.2, 0.25) is 0 Å². The van der Waals surface area contributed by atoms with Crippen molar-refractivity contribution in [3.05, 3.63) is 57.2 Å². The van der Waals surface area contributed by atoms with E-state index in [0.717, 1.165) is 27.1 Å². The molecule has 0 spiro atoms. The van der Waals surface area contributed by atoms with E-state index in [1.807, 2.05) is 56.3 Å². The third-order valence-corrected chi connectivity index (χ3v) is 4.06. The smallest absolute Gasteiger partial charge is 0.251 e. The Hall–Kier alpha value is -1.76. The molecule has 0 atom stereocenters. The summed E-state index contributed by atoms with van der Waals surface area (Å²) in [6.07, 6.45) is 0.738. The first-order valence-electron chi connectivity index (χ1n) is 8.06. The van der Waals surface area contributed by atoms with Crippen molar-refractivity contribution in [2.24, 2.45) is 0 Å². The molecule has 4 nitrogen and oxygen atoms in total. The highest BCUT2D eigenvalue weighted by molar-refractivity contribution is 14.1. The van der Waals surface area contributed by atoms with E-state index in [1.165, 1.54) is 0 Å². The van der Waals surface area contributed by atoms with E-state index in [4.69, 9.17) is 9.47 Å². The van der Waals surface area contributed by atoms with Crippen molar-refractivity contribution in [3.8, 4) is 11.5 Å². The molecule has 0 radical (unpaired) electrons. The molecule has 0 aliphatic rings. The molecule has 128 valence electrons. The normalized spacial score (nSPS) is 10.3. The van der Waals surface area contributed by atoms with Crippen LogP contribution in [0.4, 0.5) is 0 Å². The predicted molar refractivity (Wildman–Crippen MR) is 104 cm³/mol. The van der Waals surface area contributed by atoms with Gasteiger partial charge in [-0.15, -0.1) is 0 Å². The molecule has 0 fully saturated rings. The fourth-order valence-corrected chi connectivity index (χ4v) is 2.85. The number of hydrogen-bond donors (Lipinski definition) is 1. The average molecular weight is 439 g/mol. The minimum atomic E-state index is -0.0514. The Labute approximate surface area is 156 Å². The molecule has 0 aromatic heterocycles. The largest absolute Gasteiger partial charge is 0.490 e. The number of halogens is 1. The molecule has 0 bridgehead atoms. The highest BCUT2D eigenvalue weighted by Crippen LogP contribution is 2.28. The van der Waals surface area contributed by atoms with Gasteiger partial charge in [-0.2, -0.15) is 0 Å². The van der Waals surface area contributed by atoms with Crippen LogP contribution in [0.3, 0.4) is 0 Å². The summed E-state index contributed by atoms with van der Waals surface area (Å²) in [5, 5.41) is 2.95. The van der Waals surface area contributed by atoms with E-state index in [1.54, 1.807) is 0 Å². The number of amides is 1. The molecule has 2 rings (SSSR count). The molecule has 0 aliphatic heterocycles. The van der Waals surface area contributed by atoms with Gasteiger partial charge in [0.1, 0.15) is 0 Å². The summed E-state index contributed by atoms with van der Waals surface area (Å²) in [5.41, 5.74) is 1.79. The maximum absolute atomic E-state index is 12.1. The quantitative estimate of drug-likeness (QED) is 0.632. The Morgan fingerprint density at radius 2 is 1.79 bits per heavy atom. The lowest BCUT2D eigenvalue weighted by atomic mass is 10.1. The zero-order chi connectivity index (χ0) is 17.4. The van der Waals surface area contributed by atoms with Gasteiger partial charge in [0.25, 0.3) is 5.91 Å². The second-order valence-electron chi connectivity index (χ2n) is 5.16. The van der Waals surface area contributed by atoms with Crippen LogP contribution in [-0.2, 0) is 6.42 Å². The number of nitrogens with one attached hydrogen (secondary N) is 1. The Morgan fingerprint density at radius 1 is 1.04 bits per heavy atom. The van der Waals surface area contributed by atoms with Gasteiger partial charge >= 0.3 is 0 Å². The fourth-order valence-electron chi connectivity index (χ4n) is 2.30. The van der Waals surface area contributed by atoms with E-state index in [0.29, 0.717) is 25.3 Å². The van der Waals surface area contributed by atoms with Gasteiger partial charge in [-0.25, -0.2) is 0 Å². The van der Waals surface area contributed by atoms with Crippen LogP contribution in [0, 0.1) is 3.57 Å². The first-order valence-corrected chi connectivity index (χ1v) is 9.14. The summed E-state index contributed by atoms with van der Waals surface area (Å²) in [5.74, 6) is 1.45. The Balaban J connectivity index is 1.94. The number of carbonyl (C=O) groups excluding carboxylic acids is 1. The molecule has 0 aliphatic carbocycles. The van der Waals surface area contributed by atoms with Crippen molar-refractivity contribution in [2.75, 3.05) is 19.8 Å². The second kappa shape index (κ2) is 9.52. The first-order chi connectivity index (χ1) is 11.6. The maximum atomic E-state index is 12.1.